The molecule has 0 radical (unpaired) electrons. The molecule has 3 rings (SSSR count). The summed E-state index contributed by atoms with van der Waals surface area (Å²) >= 11 is 0. The molecule has 1 heterocycles. The van der Waals surface area contributed by atoms with Crippen LogP contribution in [0.25, 0.3) is 22.3 Å². The van der Waals surface area contributed by atoms with E-state index in [2.05, 4.69) is 51.9 Å². The molecule has 0 aliphatic carbocycles. The van der Waals surface area contributed by atoms with E-state index in [0.717, 1.165) is 67.6 Å². The molecule has 0 bridgehead atoms. The number of nitrogens with zero attached hydrogens (tertiary/aromatic N) is 2. The summed E-state index contributed by atoms with van der Waals surface area (Å²) in [6.07, 6.45) is 11.0. The minimum atomic E-state index is -0.371. The summed E-state index contributed by atoms with van der Waals surface area (Å²) in [5.41, 5.74) is 3.09. The molecule has 1 aromatic heterocycles. The third-order valence-corrected chi connectivity index (χ3v) is 7.47. The Morgan fingerprint density at radius 2 is 1.45 bits per heavy atom. The number of unbranched alkanes of at least 4 members (excludes halogenated alkanes) is 6. The second-order valence-corrected chi connectivity index (χ2v) is 11.4. The Hall–Kier alpha value is -2.79. The van der Waals surface area contributed by atoms with Gasteiger partial charge in [-0.25, -0.2) is 0 Å². The molecule has 5 nitrogen and oxygen atoms in total. The average molecular weight is 522 g/mol. The lowest BCUT2D eigenvalue weighted by Crippen LogP contribution is -2.39. The van der Waals surface area contributed by atoms with Crippen LogP contribution in [0, 0.1) is 0 Å². The highest BCUT2D eigenvalue weighted by molar-refractivity contribution is 5.82. The first-order valence-corrected chi connectivity index (χ1v) is 14.8. The minimum Gasteiger partial charge on any atom is -0.502 e. The fourth-order valence-corrected chi connectivity index (χ4v) is 5.13. The topological polar surface area (TPSA) is 53.7 Å². The van der Waals surface area contributed by atoms with E-state index in [1.54, 1.807) is 0 Å². The summed E-state index contributed by atoms with van der Waals surface area (Å²) < 4.78 is 6.98. The maximum Gasteiger partial charge on any atom is 0.235 e. The van der Waals surface area contributed by atoms with Gasteiger partial charge in [-0.1, -0.05) is 52.9 Å². The van der Waals surface area contributed by atoms with Crippen molar-refractivity contribution in [1.82, 2.24) is 0 Å². The van der Waals surface area contributed by atoms with Gasteiger partial charge in [-0.05, 0) is 68.1 Å². The van der Waals surface area contributed by atoms with E-state index in [0.29, 0.717) is 16.5 Å². The van der Waals surface area contributed by atoms with Gasteiger partial charge in [-0.3, -0.25) is 4.79 Å². The van der Waals surface area contributed by atoms with Gasteiger partial charge in [0.2, 0.25) is 11.2 Å². The molecule has 0 fully saturated rings. The first-order valence-electron chi connectivity index (χ1n) is 14.8. The predicted molar refractivity (Wildman–Crippen MR) is 161 cm³/mol. The van der Waals surface area contributed by atoms with Gasteiger partial charge in [0.15, 0.2) is 5.76 Å². The van der Waals surface area contributed by atoms with Gasteiger partial charge in [0, 0.05) is 29.9 Å². The monoisotopic (exact) mass is 521 g/mol. The highest BCUT2D eigenvalue weighted by Gasteiger charge is 2.19. The molecule has 0 saturated heterocycles. The molecule has 0 unspecified atom stereocenters. The van der Waals surface area contributed by atoms with Crippen LogP contribution in [0.3, 0.4) is 0 Å². The number of quaternary nitrogens is 1. The number of hydrogen-bond donors (Lipinski definition) is 1. The number of benzene rings is 2. The maximum atomic E-state index is 13.2. The third-order valence-electron chi connectivity index (χ3n) is 7.47. The van der Waals surface area contributed by atoms with Crippen molar-refractivity contribution < 1.29 is 14.0 Å². The molecule has 0 spiro atoms. The molecule has 0 amide bonds. The van der Waals surface area contributed by atoms with Gasteiger partial charge in [0.05, 0.1) is 26.0 Å². The second-order valence-electron chi connectivity index (χ2n) is 11.4. The van der Waals surface area contributed by atoms with Crippen LogP contribution in [0.1, 0.15) is 84.1 Å². The first-order chi connectivity index (χ1) is 18.3. The zero-order valence-corrected chi connectivity index (χ0v) is 24.4. The molecule has 0 saturated carbocycles. The standard InChI is InChI=1S/C33H48N2O3/c1-6-9-12-13-14-23-35(4,5)25-26-15-20-30-29(24-26)31(36)32(37)33(38-30)27-16-18-28(19-17-27)34(21-10-7-2)22-11-8-3/h15-20,24H,6-14,21-23,25H2,1-5H3/p+1. The van der Waals surface area contributed by atoms with E-state index in [-0.39, 0.29) is 16.9 Å². The predicted octanol–water partition coefficient (Wildman–Crippen LogP) is 8.12. The van der Waals surface area contributed by atoms with Crippen molar-refractivity contribution in [3.8, 4) is 17.1 Å². The smallest absolute Gasteiger partial charge is 0.235 e. The van der Waals surface area contributed by atoms with Crippen molar-refractivity contribution in [3.05, 3.63) is 58.3 Å². The van der Waals surface area contributed by atoms with Crippen LogP contribution in [0.15, 0.2) is 51.7 Å². The van der Waals surface area contributed by atoms with E-state index in [1.807, 2.05) is 30.3 Å². The van der Waals surface area contributed by atoms with E-state index in [1.165, 1.54) is 32.1 Å². The lowest BCUT2D eigenvalue weighted by molar-refractivity contribution is -0.903. The molecule has 0 atom stereocenters. The van der Waals surface area contributed by atoms with Gasteiger partial charge >= 0.3 is 0 Å². The lowest BCUT2D eigenvalue weighted by atomic mass is 10.1. The molecule has 208 valence electrons. The minimum absolute atomic E-state index is 0.235. The summed E-state index contributed by atoms with van der Waals surface area (Å²) in [5, 5.41) is 11.3. The van der Waals surface area contributed by atoms with Gasteiger partial charge in [-0.15, -0.1) is 0 Å². The van der Waals surface area contributed by atoms with Gasteiger partial charge in [-0.2, -0.15) is 0 Å². The van der Waals surface area contributed by atoms with Crippen molar-refractivity contribution in [3.63, 3.8) is 0 Å². The largest absolute Gasteiger partial charge is 0.502 e. The normalized spacial score (nSPS) is 11.8. The molecule has 1 N–H and O–H groups in total. The third kappa shape index (κ3) is 8.10. The van der Waals surface area contributed by atoms with Crippen molar-refractivity contribution in [1.29, 1.82) is 0 Å². The van der Waals surface area contributed by atoms with Crippen LogP contribution in [0.5, 0.6) is 5.75 Å². The van der Waals surface area contributed by atoms with E-state index >= 15 is 0 Å². The zero-order valence-electron chi connectivity index (χ0n) is 24.4. The highest BCUT2D eigenvalue weighted by atomic mass is 16.4. The number of rotatable bonds is 16. The zero-order chi connectivity index (χ0) is 27.5. The van der Waals surface area contributed by atoms with Gasteiger partial charge < -0.3 is 18.9 Å². The Morgan fingerprint density at radius 3 is 2.08 bits per heavy atom. The molecule has 38 heavy (non-hydrogen) atoms. The van der Waals surface area contributed by atoms with Crippen molar-refractivity contribution in [2.75, 3.05) is 38.6 Å². The van der Waals surface area contributed by atoms with Crippen LogP contribution < -0.4 is 10.3 Å². The van der Waals surface area contributed by atoms with Crippen LogP contribution >= 0.6 is 0 Å². The SMILES string of the molecule is CCCCCCC[N+](C)(C)Cc1ccc2oc(-c3ccc(N(CCCC)CCCC)cc3)c(O)c(=O)c2c1. The highest BCUT2D eigenvalue weighted by Crippen LogP contribution is 2.32. The van der Waals surface area contributed by atoms with Crippen molar-refractivity contribution in [2.45, 2.75) is 85.1 Å². The van der Waals surface area contributed by atoms with Crippen LogP contribution in [0.4, 0.5) is 5.69 Å². The van der Waals surface area contributed by atoms with Crippen LogP contribution in [0.2, 0.25) is 0 Å². The molecule has 0 aliphatic heterocycles. The fourth-order valence-electron chi connectivity index (χ4n) is 5.13. The molecule has 2 aromatic carbocycles. The Kier molecular flexibility index (Phi) is 11.3. The Bertz CT molecular complexity index is 1190. The van der Waals surface area contributed by atoms with Gasteiger partial charge in [0.1, 0.15) is 12.1 Å². The lowest BCUT2D eigenvalue weighted by Gasteiger charge is -2.30. The maximum absolute atomic E-state index is 13.2. The van der Waals surface area contributed by atoms with Gasteiger partial charge in [0.25, 0.3) is 0 Å². The van der Waals surface area contributed by atoms with Crippen molar-refractivity contribution in [2.24, 2.45) is 0 Å². The average Bonchev–Trinajstić information content (AvgIpc) is 2.91. The molecule has 5 heteroatoms. The van der Waals surface area contributed by atoms with E-state index < -0.39 is 0 Å². The fraction of sp³-hybridized carbons (Fsp3) is 0.545. The second kappa shape index (κ2) is 14.4. The Labute approximate surface area is 229 Å². The van der Waals surface area contributed by atoms with Crippen LogP contribution in [-0.4, -0.2) is 43.3 Å². The van der Waals surface area contributed by atoms with E-state index in [4.69, 9.17) is 4.42 Å². The number of aromatic hydroxyl groups is 1. The summed E-state index contributed by atoms with van der Waals surface area (Å²) in [6, 6.07) is 13.8. The Balaban J connectivity index is 1.80. The van der Waals surface area contributed by atoms with Crippen LogP contribution in [-0.2, 0) is 6.54 Å². The number of hydrogen-bond acceptors (Lipinski definition) is 4. The first kappa shape index (κ1) is 29.8. The molecule has 0 aliphatic rings. The molecular formula is C33H49N2O3+. The summed E-state index contributed by atoms with van der Waals surface area (Å²) in [4.78, 5) is 15.6. The quantitative estimate of drug-likeness (QED) is 0.153. The molecule has 3 aromatic rings. The van der Waals surface area contributed by atoms with E-state index in [9.17, 15) is 9.90 Å². The number of fused-ring (bicyclic) bond motifs is 1. The summed E-state index contributed by atoms with van der Waals surface area (Å²) in [5.74, 6) is -0.0837. The molecular weight excluding hydrogens is 472 g/mol. The summed E-state index contributed by atoms with van der Waals surface area (Å²) in [7, 11) is 4.48. The summed E-state index contributed by atoms with van der Waals surface area (Å²) in [6.45, 7) is 10.7. The Morgan fingerprint density at radius 1 is 0.816 bits per heavy atom. The number of anilines is 1. The van der Waals surface area contributed by atoms with Crippen molar-refractivity contribution >= 4 is 16.7 Å².